The number of fused-ring (bicyclic) bond motifs is 1. The molecule has 1 N–H and O–H groups in total. The summed E-state index contributed by atoms with van der Waals surface area (Å²) in [5, 5.41) is 7.89. The number of aryl methyl sites for hydroxylation is 2. The molecule has 2 aromatic rings. The van der Waals surface area contributed by atoms with Gasteiger partial charge in [-0.25, -0.2) is 4.98 Å². The summed E-state index contributed by atoms with van der Waals surface area (Å²) in [7, 11) is 2.02. The first-order valence-electron chi connectivity index (χ1n) is 6.95. The molecule has 1 aliphatic carbocycles. The van der Waals surface area contributed by atoms with Crippen LogP contribution in [-0.4, -0.2) is 14.8 Å². The molecule has 0 amide bonds. The van der Waals surface area contributed by atoms with Crippen molar-refractivity contribution in [2.45, 2.75) is 45.2 Å². The van der Waals surface area contributed by atoms with Gasteiger partial charge < -0.3 is 9.73 Å². The van der Waals surface area contributed by atoms with E-state index in [9.17, 15) is 0 Å². The Morgan fingerprint density at radius 1 is 1.47 bits per heavy atom. The van der Waals surface area contributed by atoms with Gasteiger partial charge in [-0.05, 0) is 19.3 Å². The van der Waals surface area contributed by atoms with Gasteiger partial charge in [-0.2, -0.15) is 5.10 Å². The van der Waals surface area contributed by atoms with Crippen LogP contribution in [0.1, 0.15) is 48.7 Å². The maximum atomic E-state index is 5.62. The van der Waals surface area contributed by atoms with Crippen molar-refractivity contribution in [3.8, 4) is 0 Å². The largest absolute Gasteiger partial charge is 0.444 e. The van der Waals surface area contributed by atoms with Gasteiger partial charge in [0, 0.05) is 30.8 Å². The van der Waals surface area contributed by atoms with E-state index in [-0.39, 0.29) is 0 Å². The average molecular weight is 260 g/mol. The van der Waals surface area contributed by atoms with E-state index in [1.165, 1.54) is 17.7 Å². The summed E-state index contributed by atoms with van der Waals surface area (Å²) in [5.41, 5.74) is 2.68. The number of aromatic nitrogens is 3. The van der Waals surface area contributed by atoms with Crippen LogP contribution >= 0.6 is 0 Å². The number of oxazole rings is 1. The molecule has 3 rings (SSSR count). The lowest BCUT2D eigenvalue weighted by atomic mass is 9.93. The highest BCUT2D eigenvalue weighted by molar-refractivity contribution is 5.24. The lowest BCUT2D eigenvalue weighted by Crippen LogP contribution is -2.25. The zero-order valence-corrected chi connectivity index (χ0v) is 11.5. The summed E-state index contributed by atoms with van der Waals surface area (Å²) in [5.74, 6) is 1.72. The highest BCUT2D eigenvalue weighted by Gasteiger charge is 2.23. The topological polar surface area (TPSA) is 55.9 Å². The molecule has 2 heterocycles. The van der Waals surface area contributed by atoms with E-state index in [0.717, 1.165) is 30.9 Å². The molecule has 0 aliphatic heterocycles. The van der Waals surface area contributed by atoms with Crippen molar-refractivity contribution in [2.24, 2.45) is 7.05 Å². The van der Waals surface area contributed by atoms with Gasteiger partial charge in [0.25, 0.3) is 0 Å². The Kier molecular flexibility index (Phi) is 3.38. The van der Waals surface area contributed by atoms with Crippen molar-refractivity contribution >= 4 is 0 Å². The molecule has 1 unspecified atom stereocenters. The second-order valence-electron chi connectivity index (χ2n) is 5.07. The monoisotopic (exact) mass is 260 g/mol. The van der Waals surface area contributed by atoms with Gasteiger partial charge in [-0.15, -0.1) is 0 Å². The Morgan fingerprint density at radius 3 is 3.16 bits per heavy atom. The maximum Gasteiger partial charge on any atom is 0.208 e. The van der Waals surface area contributed by atoms with Crippen LogP contribution in [-0.2, 0) is 26.4 Å². The number of hydrogen-bond acceptors (Lipinski definition) is 4. The Labute approximate surface area is 113 Å². The fourth-order valence-electron chi connectivity index (χ4n) is 2.72. The van der Waals surface area contributed by atoms with E-state index in [1.54, 1.807) is 0 Å². The number of rotatable bonds is 4. The van der Waals surface area contributed by atoms with Gasteiger partial charge in [0.05, 0.1) is 18.9 Å². The molecule has 19 heavy (non-hydrogen) atoms. The minimum absolute atomic E-state index is 0.370. The molecule has 0 saturated heterocycles. The van der Waals surface area contributed by atoms with E-state index in [0.29, 0.717) is 12.6 Å². The minimum atomic E-state index is 0.370. The minimum Gasteiger partial charge on any atom is -0.444 e. The van der Waals surface area contributed by atoms with Gasteiger partial charge in [0.15, 0.2) is 0 Å². The molecule has 1 atom stereocenters. The van der Waals surface area contributed by atoms with Crippen LogP contribution in [0.3, 0.4) is 0 Å². The summed E-state index contributed by atoms with van der Waals surface area (Å²) < 4.78 is 7.61. The normalized spacial score (nSPS) is 18.5. The highest BCUT2D eigenvalue weighted by atomic mass is 16.4. The fraction of sp³-hybridized carbons (Fsp3) is 0.571. The molecule has 0 aromatic carbocycles. The quantitative estimate of drug-likeness (QED) is 0.915. The van der Waals surface area contributed by atoms with Crippen molar-refractivity contribution in [3.05, 3.63) is 35.3 Å². The van der Waals surface area contributed by atoms with E-state index in [4.69, 9.17) is 4.42 Å². The number of nitrogens with zero attached hydrogens (tertiary/aromatic N) is 3. The molecule has 102 valence electrons. The van der Waals surface area contributed by atoms with Crippen LogP contribution in [0.2, 0.25) is 0 Å². The van der Waals surface area contributed by atoms with Crippen LogP contribution < -0.4 is 5.32 Å². The van der Waals surface area contributed by atoms with Crippen molar-refractivity contribution in [2.75, 3.05) is 0 Å². The lowest BCUT2D eigenvalue weighted by molar-refractivity contribution is 0.394. The van der Waals surface area contributed by atoms with Crippen LogP contribution in [0.5, 0.6) is 0 Å². The third-order valence-electron chi connectivity index (χ3n) is 3.83. The Balaban J connectivity index is 1.67. The summed E-state index contributed by atoms with van der Waals surface area (Å²) >= 11 is 0. The van der Waals surface area contributed by atoms with E-state index in [2.05, 4.69) is 22.3 Å². The van der Waals surface area contributed by atoms with E-state index >= 15 is 0 Å². The van der Waals surface area contributed by atoms with E-state index < -0.39 is 0 Å². The Morgan fingerprint density at radius 2 is 2.37 bits per heavy atom. The second-order valence-corrected chi connectivity index (χ2v) is 5.07. The summed E-state index contributed by atoms with van der Waals surface area (Å²) in [6, 6.07) is 0.370. The first-order chi connectivity index (χ1) is 9.28. The summed E-state index contributed by atoms with van der Waals surface area (Å²) in [6.07, 6.45) is 8.18. The van der Waals surface area contributed by atoms with Crippen LogP contribution in [0, 0.1) is 0 Å². The standard InChI is InChI=1S/C14H20N4O/c1-3-10-7-16-14(19-10)9-15-12-5-4-6-13-11(12)8-17-18(13)2/h7-8,12,15H,3-6,9H2,1-2H3. The number of hydrogen-bond donors (Lipinski definition) is 1. The SMILES string of the molecule is CCc1cnc(CNC2CCCc3c2cnn3C)o1. The van der Waals surface area contributed by atoms with Crippen molar-refractivity contribution in [3.63, 3.8) is 0 Å². The van der Waals surface area contributed by atoms with Crippen molar-refractivity contribution < 1.29 is 4.42 Å². The molecular weight excluding hydrogens is 240 g/mol. The highest BCUT2D eigenvalue weighted by Crippen LogP contribution is 2.29. The van der Waals surface area contributed by atoms with Crippen molar-refractivity contribution in [1.29, 1.82) is 0 Å². The second kappa shape index (κ2) is 5.17. The zero-order chi connectivity index (χ0) is 13.2. The van der Waals surface area contributed by atoms with Gasteiger partial charge in [0.1, 0.15) is 5.76 Å². The third-order valence-corrected chi connectivity index (χ3v) is 3.83. The predicted octanol–water partition coefficient (Wildman–Crippen LogP) is 2.14. The van der Waals surface area contributed by atoms with Gasteiger partial charge in [0.2, 0.25) is 5.89 Å². The van der Waals surface area contributed by atoms with Crippen LogP contribution in [0.15, 0.2) is 16.8 Å². The molecule has 0 spiro atoms. The molecule has 5 heteroatoms. The maximum absolute atomic E-state index is 5.62. The molecule has 0 fully saturated rings. The molecule has 0 saturated carbocycles. The fourth-order valence-corrected chi connectivity index (χ4v) is 2.72. The van der Waals surface area contributed by atoms with Gasteiger partial charge in [-0.3, -0.25) is 4.68 Å². The first kappa shape index (κ1) is 12.4. The third kappa shape index (κ3) is 2.42. The first-order valence-corrected chi connectivity index (χ1v) is 6.95. The van der Waals surface area contributed by atoms with E-state index in [1.807, 2.05) is 24.1 Å². The Bertz CT molecular complexity index is 558. The van der Waals surface area contributed by atoms with Gasteiger partial charge in [-0.1, -0.05) is 6.92 Å². The van der Waals surface area contributed by atoms with Gasteiger partial charge >= 0.3 is 0 Å². The van der Waals surface area contributed by atoms with Crippen LogP contribution in [0.25, 0.3) is 0 Å². The average Bonchev–Trinajstić information content (AvgIpc) is 3.04. The predicted molar refractivity (Wildman–Crippen MR) is 71.6 cm³/mol. The molecule has 0 radical (unpaired) electrons. The lowest BCUT2D eigenvalue weighted by Gasteiger charge is -2.23. The smallest absolute Gasteiger partial charge is 0.208 e. The molecule has 1 aliphatic rings. The summed E-state index contributed by atoms with van der Waals surface area (Å²) in [4.78, 5) is 4.28. The summed E-state index contributed by atoms with van der Waals surface area (Å²) in [6.45, 7) is 2.75. The zero-order valence-electron chi connectivity index (χ0n) is 11.5. The molecule has 0 bridgehead atoms. The van der Waals surface area contributed by atoms with Crippen molar-refractivity contribution in [1.82, 2.24) is 20.1 Å². The molecule has 5 nitrogen and oxygen atoms in total. The number of nitrogens with one attached hydrogen (secondary N) is 1. The Hall–Kier alpha value is -1.62. The molecular formula is C14H20N4O. The molecule has 2 aromatic heterocycles. The van der Waals surface area contributed by atoms with Crippen LogP contribution in [0.4, 0.5) is 0 Å².